The van der Waals surface area contributed by atoms with Crippen molar-refractivity contribution in [3.8, 4) is 0 Å². The van der Waals surface area contributed by atoms with Crippen molar-refractivity contribution in [1.29, 1.82) is 0 Å². The third kappa shape index (κ3) is 8.09. The Bertz CT molecular complexity index is 1570. The van der Waals surface area contributed by atoms with Gasteiger partial charge < -0.3 is 15.1 Å². The quantitative estimate of drug-likeness (QED) is 0.277. The zero-order chi connectivity index (χ0) is 32.3. The summed E-state index contributed by atoms with van der Waals surface area (Å²) >= 11 is 0. The zero-order valence-corrected chi connectivity index (χ0v) is 26.0. The van der Waals surface area contributed by atoms with Crippen LogP contribution in [0.25, 0.3) is 0 Å². The Balaban J connectivity index is 1.51. The number of carbonyl (C=O) groups excluding carboxylic acids is 1. The lowest BCUT2D eigenvalue weighted by atomic mass is 9.80. The Hall–Kier alpha value is -3.64. The van der Waals surface area contributed by atoms with Gasteiger partial charge in [-0.25, -0.2) is 12.8 Å². The first-order valence-corrected chi connectivity index (χ1v) is 16.2. The minimum Gasteiger partial charge on any atom is -0.371 e. The van der Waals surface area contributed by atoms with Crippen LogP contribution in [0.4, 0.5) is 28.9 Å². The minimum atomic E-state index is -4.52. The summed E-state index contributed by atoms with van der Waals surface area (Å²) in [6.07, 6.45) is -1.32. The van der Waals surface area contributed by atoms with Crippen molar-refractivity contribution in [1.82, 2.24) is 10.2 Å². The number of hydrogen-bond acceptors (Lipinski definition) is 5. The standard InChI is InChI=1S/C32H38F4N4O3S/c1-22(24-11-13-28(27(33)18-24)38-44(4,42)43)30(41)37-21-25-10-12-26(32(34,35)36)19-29(25)40-16-14-31(15-17-40,39(2)3)20-23-8-6-5-7-9-23/h5-13,18-19,22,38H,14-17,20-21H2,1-4H3,(H,37,41). The van der Waals surface area contributed by atoms with Crippen molar-refractivity contribution in [2.75, 3.05) is 43.1 Å². The molecule has 0 saturated carbocycles. The predicted octanol–water partition coefficient (Wildman–Crippen LogP) is 5.78. The van der Waals surface area contributed by atoms with Crippen LogP contribution in [0.2, 0.25) is 0 Å². The van der Waals surface area contributed by atoms with Crippen LogP contribution >= 0.6 is 0 Å². The molecule has 4 rings (SSSR count). The summed E-state index contributed by atoms with van der Waals surface area (Å²) in [5.74, 6) is -2.08. The summed E-state index contributed by atoms with van der Waals surface area (Å²) in [5.41, 5.74) is 1.34. The molecule has 0 aliphatic carbocycles. The van der Waals surface area contributed by atoms with Gasteiger partial charge in [0.1, 0.15) is 5.82 Å². The highest BCUT2D eigenvalue weighted by Crippen LogP contribution is 2.37. The predicted molar refractivity (Wildman–Crippen MR) is 165 cm³/mol. The second-order valence-corrected chi connectivity index (χ2v) is 13.4. The molecular weight excluding hydrogens is 596 g/mol. The molecule has 3 aromatic carbocycles. The van der Waals surface area contributed by atoms with Crippen LogP contribution in [0, 0.1) is 5.82 Å². The molecule has 1 unspecified atom stereocenters. The number of benzene rings is 3. The number of alkyl halides is 3. The maximum Gasteiger partial charge on any atom is 0.416 e. The van der Waals surface area contributed by atoms with Crippen LogP contribution in [0.15, 0.2) is 66.7 Å². The maximum atomic E-state index is 14.5. The Morgan fingerprint density at radius 2 is 1.68 bits per heavy atom. The fourth-order valence-corrected chi connectivity index (χ4v) is 6.24. The van der Waals surface area contributed by atoms with E-state index in [1.54, 1.807) is 6.92 Å². The molecule has 1 aliphatic rings. The Kier molecular flexibility index (Phi) is 9.94. The van der Waals surface area contributed by atoms with E-state index >= 15 is 0 Å². The van der Waals surface area contributed by atoms with Crippen molar-refractivity contribution in [2.24, 2.45) is 0 Å². The molecule has 1 saturated heterocycles. The highest BCUT2D eigenvalue weighted by atomic mass is 32.2. The average Bonchev–Trinajstić information content (AvgIpc) is 2.96. The summed E-state index contributed by atoms with van der Waals surface area (Å²) in [7, 11) is 0.383. The SMILES string of the molecule is CC(C(=O)NCc1ccc(C(F)(F)F)cc1N1CCC(Cc2ccccc2)(N(C)C)CC1)c1ccc(NS(C)(=O)=O)c(F)c1. The van der Waals surface area contributed by atoms with Crippen LogP contribution in [0.1, 0.15) is 47.9 Å². The van der Waals surface area contributed by atoms with Crippen molar-refractivity contribution in [3.63, 3.8) is 0 Å². The lowest BCUT2D eigenvalue weighted by Gasteiger charge is -2.47. The first-order valence-electron chi connectivity index (χ1n) is 14.3. The van der Waals surface area contributed by atoms with Gasteiger partial charge in [-0.3, -0.25) is 9.52 Å². The molecule has 1 fully saturated rings. The largest absolute Gasteiger partial charge is 0.416 e. The molecular formula is C32H38F4N4O3S. The first-order chi connectivity index (χ1) is 20.6. The van der Waals surface area contributed by atoms with Crippen molar-refractivity contribution in [2.45, 2.75) is 50.4 Å². The summed E-state index contributed by atoms with van der Waals surface area (Å²) < 4.78 is 80.7. The molecule has 2 N–H and O–H groups in total. The highest BCUT2D eigenvalue weighted by molar-refractivity contribution is 7.92. The van der Waals surface area contributed by atoms with Gasteiger partial charge in [0.2, 0.25) is 15.9 Å². The zero-order valence-electron chi connectivity index (χ0n) is 25.2. The summed E-state index contributed by atoms with van der Waals surface area (Å²) in [4.78, 5) is 17.2. The van der Waals surface area contributed by atoms with Gasteiger partial charge in [-0.1, -0.05) is 42.5 Å². The third-order valence-electron chi connectivity index (χ3n) is 8.41. The number of likely N-dealkylation sites (N-methyl/N-ethyl adjacent to an activating group) is 1. The maximum absolute atomic E-state index is 14.5. The Labute approximate surface area is 256 Å². The number of amides is 1. The molecule has 0 radical (unpaired) electrons. The van der Waals surface area contributed by atoms with Crippen LogP contribution in [0.5, 0.6) is 0 Å². The summed E-state index contributed by atoms with van der Waals surface area (Å²) in [5, 5.41) is 2.79. The second-order valence-electron chi connectivity index (χ2n) is 11.7. The van der Waals surface area contributed by atoms with E-state index in [1.165, 1.54) is 23.8 Å². The van der Waals surface area contributed by atoms with Gasteiger partial charge in [-0.2, -0.15) is 13.2 Å². The number of halogens is 4. The van der Waals surface area contributed by atoms with Gasteiger partial charge in [0.05, 0.1) is 23.4 Å². The summed E-state index contributed by atoms with van der Waals surface area (Å²) in [6, 6.07) is 17.5. The molecule has 1 amide bonds. The van der Waals surface area contributed by atoms with Gasteiger partial charge in [-0.15, -0.1) is 0 Å². The fraction of sp³-hybridized carbons (Fsp3) is 0.406. The summed E-state index contributed by atoms with van der Waals surface area (Å²) in [6.45, 7) is 2.62. The highest BCUT2D eigenvalue weighted by Gasteiger charge is 2.38. The van der Waals surface area contributed by atoms with E-state index in [-0.39, 0.29) is 17.8 Å². The van der Waals surface area contributed by atoms with Gasteiger partial charge in [0.25, 0.3) is 0 Å². The van der Waals surface area contributed by atoms with E-state index in [0.29, 0.717) is 29.9 Å². The van der Waals surface area contributed by atoms with Crippen LogP contribution in [0.3, 0.4) is 0 Å². The lowest BCUT2D eigenvalue weighted by molar-refractivity contribution is -0.137. The van der Waals surface area contributed by atoms with Gasteiger partial charge in [-0.05, 0) is 81.2 Å². The van der Waals surface area contributed by atoms with Crippen LogP contribution in [-0.4, -0.2) is 58.2 Å². The third-order valence-corrected chi connectivity index (χ3v) is 9.00. The fourth-order valence-electron chi connectivity index (χ4n) is 5.68. The van der Waals surface area contributed by atoms with Crippen molar-refractivity contribution in [3.05, 3.63) is 94.8 Å². The lowest BCUT2D eigenvalue weighted by Crippen LogP contribution is -2.54. The van der Waals surface area contributed by atoms with Crippen LogP contribution in [-0.2, 0) is 34.0 Å². The van der Waals surface area contributed by atoms with Crippen molar-refractivity contribution < 1.29 is 30.8 Å². The molecule has 7 nitrogen and oxygen atoms in total. The van der Waals surface area contributed by atoms with E-state index in [4.69, 9.17) is 0 Å². The molecule has 0 spiro atoms. The van der Waals surface area contributed by atoms with Gasteiger partial charge >= 0.3 is 6.18 Å². The van der Waals surface area contributed by atoms with Crippen LogP contribution < -0.4 is 14.9 Å². The number of rotatable bonds is 10. The van der Waals surface area contributed by atoms with E-state index in [9.17, 15) is 30.8 Å². The molecule has 12 heteroatoms. The number of hydrogen-bond donors (Lipinski definition) is 2. The number of carbonyl (C=O) groups is 1. The topological polar surface area (TPSA) is 81.8 Å². The molecule has 0 bridgehead atoms. The normalized spacial score (nSPS) is 16.1. The van der Waals surface area contributed by atoms with E-state index in [0.717, 1.165) is 43.7 Å². The van der Waals surface area contributed by atoms with Gasteiger partial charge in [0.15, 0.2) is 0 Å². The van der Waals surface area contributed by atoms with E-state index in [2.05, 4.69) is 27.1 Å². The minimum absolute atomic E-state index is 0.0216. The molecule has 238 valence electrons. The Morgan fingerprint density at radius 1 is 1.02 bits per heavy atom. The number of nitrogens with one attached hydrogen (secondary N) is 2. The molecule has 3 aromatic rings. The van der Waals surface area contributed by atoms with E-state index < -0.39 is 39.4 Å². The molecule has 1 atom stereocenters. The second kappa shape index (κ2) is 13.2. The van der Waals surface area contributed by atoms with Gasteiger partial charge in [0, 0.05) is 30.9 Å². The number of piperidine rings is 1. The Morgan fingerprint density at radius 3 is 2.25 bits per heavy atom. The van der Waals surface area contributed by atoms with Crippen molar-refractivity contribution >= 4 is 27.3 Å². The molecule has 1 heterocycles. The number of nitrogens with zero attached hydrogens (tertiary/aromatic N) is 2. The molecule has 0 aromatic heterocycles. The van der Waals surface area contributed by atoms with E-state index in [1.807, 2.05) is 37.2 Å². The molecule has 1 aliphatic heterocycles. The monoisotopic (exact) mass is 634 g/mol. The smallest absolute Gasteiger partial charge is 0.371 e. The number of sulfonamides is 1. The average molecular weight is 635 g/mol. The first kappa shape index (κ1) is 33.3. The number of anilines is 2. The molecule has 44 heavy (non-hydrogen) atoms.